The smallest absolute Gasteiger partial charge is 0.260 e. The van der Waals surface area contributed by atoms with Crippen LogP contribution in [-0.2, 0) is 13.2 Å². The lowest BCUT2D eigenvalue weighted by molar-refractivity contribution is 0.102. The van der Waals surface area contributed by atoms with Crippen LogP contribution in [0.15, 0.2) is 78.9 Å². The number of carbonyl (C=O) groups excluding carboxylic acids is 1. The lowest BCUT2D eigenvalue weighted by atomic mass is 10.2. The molecule has 6 nitrogen and oxygen atoms in total. The summed E-state index contributed by atoms with van der Waals surface area (Å²) in [6.45, 7) is 2.83. The molecule has 1 amide bonds. The van der Waals surface area contributed by atoms with Gasteiger partial charge in [0.05, 0.1) is 19.2 Å². The number of rotatable bonds is 8. The summed E-state index contributed by atoms with van der Waals surface area (Å²) in [5, 5.41) is 8.02. The number of para-hydroxylation sites is 1. The van der Waals surface area contributed by atoms with Gasteiger partial charge in [-0.2, -0.15) is 5.10 Å². The zero-order valence-electron chi connectivity index (χ0n) is 18.4. The topological polar surface area (TPSA) is 65.4 Å². The minimum absolute atomic E-state index is 0.285. The number of hydrogen-bond donors (Lipinski definition) is 1. The molecule has 0 aliphatic carbocycles. The number of anilines is 1. The van der Waals surface area contributed by atoms with Crippen molar-refractivity contribution in [3.05, 3.63) is 106 Å². The molecule has 168 valence electrons. The highest BCUT2D eigenvalue weighted by atomic mass is 35.5. The molecule has 33 heavy (non-hydrogen) atoms. The van der Waals surface area contributed by atoms with E-state index >= 15 is 0 Å². The van der Waals surface area contributed by atoms with E-state index in [1.807, 2.05) is 61.5 Å². The van der Waals surface area contributed by atoms with Crippen LogP contribution in [-0.4, -0.2) is 22.8 Å². The summed E-state index contributed by atoms with van der Waals surface area (Å²) >= 11 is 6.26. The Hall–Kier alpha value is -3.77. The molecule has 0 aliphatic heterocycles. The maximum absolute atomic E-state index is 12.7. The van der Waals surface area contributed by atoms with E-state index in [2.05, 4.69) is 10.4 Å². The fraction of sp³-hybridized carbons (Fsp3) is 0.154. The lowest BCUT2D eigenvalue weighted by Crippen LogP contribution is -2.14. The maximum atomic E-state index is 12.7. The van der Waals surface area contributed by atoms with E-state index in [1.54, 1.807) is 28.9 Å². The number of nitrogens with one attached hydrogen (secondary N) is 1. The van der Waals surface area contributed by atoms with Gasteiger partial charge in [-0.1, -0.05) is 54.1 Å². The number of halogens is 1. The standard InChI is InChI=1S/C26H24ClN3O3/c1-18-14-25(28-26(31)22-10-6-7-11-24(22)32-2)29-30(18)16-20-15-21(27)12-13-23(20)33-17-19-8-4-3-5-9-19/h3-15H,16-17H2,1-2H3,(H,28,29,31). The van der Waals surface area contributed by atoms with Gasteiger partial charge in [0, 0.05) is 22.3 Å². The van der Waals surface area contributed by atoms with Crippen LogP contribution in [0, 0.1) is 6.92 Å². The summed E-state index contributed by atoms with van der Waals surface area (Å²) in [6.07, 6.45) is 0. The molecule has 0 saturated heterocycles. The van der Waals surface area contributed by atoms with Crippen molar-refractivity contribution >= 4 is 23.3 Å². The van der Waals surface area contributed by atoms with Crippen LogP contribution in [0.1, 0.15) is 27.2 Å². The fourth-order valence-corrected chi connectivity index (χ4v) is 3.65. The first kappa shape index (κ1) is 22.4. The van der Waals surface area contributed by atoms with Gasteiger partial charge in [-0.3, -0.25) is 9.48 Å². The van der Waals surface area contributed by atoms with Crippen molar-refractivity contribution in [2.24, 2.45) is 0 Å². The molecule has 0 unspecified atom stereocenters. The highest BCUT2D eigenvalue weighted by molar-refractivity contribution is 6.30. The normalized spacial score (nSPS) is 10.6. The van der Waals surface area contributed by atoms with Crippen molar-refractivity contribution in [3.8, 4) is 11.5 Å². The summed E-state index contributed by atoms with van der Waals surface area (Å²) in [4.78, 5) is 12.7. The Labute approximate surface area is 197 Å². The Morgan fingerprint density at radius 2 is 1.76 bits per heavy atom. The molecule has 0 saturated carbocycles. The first-order valence-corrected chi connectivity index (χ1v) is 10.9. The third-order valence-corrected chi connectivity index (χ3v) is 5.39. The number of amides is 1. The first-order valence-electron chi connectivity index (χ1n) is 10.5. The number of methoxy groups -OCH3 is 1. The van der Waals surface area contributed by atoms with Crippen molar-refractivity contribution in [3.63, 3.8) is 0 Å². The summed E-state index contributed by atoms with van der Waals surface area (Å²) in [5.74, 6) is 1.41. The van der Waals surface area contributed by atoms with Gasteiger partial charge in [-0.05, 0) is 42.8 Å². The molecule has 1 heterocycles. The van der Waals surface area contributed by atoms with Crippen LogP contribution in [0.2, 0.25) is 5.02 Å². The van der Waals surface area contributed by atoms with Crippen molar-refractivity contribution in [1.29, 1.82) is 0 Å². The summed E-state index contributed by atoms with van der Waals surface area (Å²) < 4.78 is 13.1. The van der Waals surface area contributed by atoms with Gasteiger partial charge >= 0.3 is 0 Å². The minimum Gasteiger partial charge on any atom is -0.496 e. The van der Waals surface area contributed by atoms with Gasteiger partial charge < -0.3 is 14.8 Å². The lowest BCUT2D eigenvalue weighted by Gasteiger charge is -2.13. The number of aryl methyl sites for hydroxylation is 1. The molecule has 4 aromatic rings. The van der Waals surface area contributed by atoms with Crippen LogP contribution >= 0.6 is 11.6 Å². The molecule has 0 spiro atoms. The number of carbonyl (C=O) groups is 1. The molecular weight excluding hydrogens is 438 g/mol. The Kier molecular flexibility index (Phi) is 6.95. The maximum Gasteiger partial charge on any atom is 0.260 e. The van der Waals surface area contributed by atoms with Gasteiger partial charge in [-0.15, -0.1) is 0 Å². The average Bonchev–Trinajstić information content (AvgIpc) is 3.17. The van der Waals surface area contributed by atoms with E-state index in [9.17, 15) is 4.79 Å². The predicted molar refractivity (Wildman–Crippen MR) is 129 cm³/mol. The molecule has 0 fully saturated rings. The molecule has 1 aromatic heterocycles. The predicted octanol–water partition coefficient (Wildman–Crippen LogP) is 5.73. The Bertz CT molecular complexity index is 1250. The van der Waals surface area contributed by atoms with Gasteiger partial charge in [0.1, 0.15) is 18.1 Å². The van der Waals surface area contributed by atoms with Gasteiger partial charge in [0.25, 0.3) is 5.91 Å². The largest absolute Gasteiger partial charge is 0.496 e. The number of nitrogens with zero attached hydrogens (tertiary/aromatic N) is 2. The highest BCUT2D eigenvalue weighted by Crippen LogP contribution is 2.26. The van der Waals surface area contributed by atoms with Gasteiger partial charge in [-0.25, -0.2) is 0 Å². The van der Waals surface area contributed by atoms with Crippen LogP contribution in [0.3, 0.4) is 0 Å². The van der Waals surface area contributed by atoms with E-state index in [1.165, 1.54) is 7.11 Å². The van der Waals surface area contributed by atoms with E-state index in [0.717, 1.165) is 22.6 Å². The van der Waals surface area contributed by atoms with E-state index in [0.29, 0.717) is 35.3 Å². The van der Waals surface area contributed by atoms with Crippen LogP contribution in [0.4, 0.5) is 5.82 Å². The molecule has 7 heteroatoms. The molecule has 4 rings (SSSR count). The summed E-state index contributed by atoms with van der Waals surface area (Å²) in [6, 6.07) is 24.4. The highest BCUT2D eigenvalue weighted by Gasteiger charge is 2.15. The molecule has 1 N–H and O–H groups in total. The Morgan fingerprint density at radius 1 is 1.00 bits per heavy atom. The third kappa shape index (κ3) is 5.54. The molecular formula is C26H24ClN3O3. The monoisotopic (exact) mass is 461 g/mol. The zero-order valence-corrected chi connectivity index (χ0v) is 19.2. The van der Waals surface area contributed by atoms with E-state index < -0.39 is 0 Å². The summed E-state index contributed by atoms with van der Waals surface area (Å²) in [7, 11) is 1.54. The van der Waals surface area contributed by atoms with Crippen LogP contribution in [0.25, 0.3) is 0 Å². The third-order valence-electron chi connectivity index (χ3n) is 5.15. The zero-order chi connectivity index (χ0) is 23.2. The summed E-state index contributed by atoms with van der Waals surface area (Å²) in [5.41, 5.74) is 3.31. The quantitative estimate of drug-likeness (QED) is 0.363. The SMILES string of the molecule is COc1ccccc1C(=O)Nc1cc(C)n(Cc2cc(Cl)ccc2OCc2ccccc2)n1. The molecule has 3 aromatic carbocycles. The van der Waals surface area contributed by atoms with Crippen molar-refractivity contribution in [2.45, 2.75) is 20.1 Å². The number of hydrogen-bond acceptors (Lipinski definition) is 4. The van der Waals surface area contributed by atoms with Crippen LogP contribution in [0.5, 0.6) is 11.5 Å². The number of aromatic nitrogens is 2. The van der Waals surface area contributed by atoms with E-state index in [4.69, 9.17) is 21.1 Å². The second-order valence-corrected chi connectivity index (χ2v) is 7.95. The van der Waals surface area contributed by atoms with Gasteiger partial charge in [0.2, 0.25) is 0 Å². The molecule has 0 aliphatic rings. The number of benzene rings is 3. The van der Waals surface area contributed by atoms with E-state index in [-0.39, 0.29) is 5.91 Å². The second-order valence-electron chi connectivity index (χ2n) is 7.51. The average molecular weight is 462 g/mol. The second kappa shape index (κ2) is 10.2. The Balaban J connectivity index is 1.51. The molecule has 0 radical (unpaired) electrons. The Morgan fingerprint density at radius 3 is 2.55 bits per heavy atom. The van der Waals surface area contributed by atoms with Crippen LogP contribution < -0.4 is 14.8 Å². The molecule has 0 bridgehead atoms. The van der Waals surface area contributed by atoms with Gasteiger partial charge in [0.15, 0.2) is 5.82 Å². The molecule has 0 atom stereocenters. The fourth-order valence-electron chi connectivity index (χ4n) is 3.46. The number of ether oxygens (including phenoxy) is 2. The van der Waals surface area contributed by atoms with Crippen molar-refractivity contribution in [2.75, 3.05) is 12.4 Å². The minimum atomic E-state index is -0.285. The first-order chi connectivity index (χ1) is 16.0. The van der Waals surface area contributed by atoms with Crippen molar-refractivity contribution < 1.29 is 14.3 Å². The van der Waals surface area contributed by atoms with Crippen molar-refractivity contribution in [1.82, 2.24) is 9.78 Å².